The number of hydrogen-bond donors (Lipinski definition) is 1. The highest BCUT2D eigenvalue weighted by atomic mass is 16.5. The lowest BCUT2D eigenvalue weighted by Gasteiger charge is -2.33. The predicted octanol–water partition coefficient (Wildman–Crippen LogP) is 0.0303. The number of carbonyl (C=O) groups excluding carboxylic acids is 1. The highest BCUT2D eigenvalue weighted by Crippen LogP contribution is 2.21. The molecule has 6 nitrogen and oxygen atoms in total. The monoisotopic (exact) mass is 270 g/mol. The first-order chi connectivity index (χ1) is 9.06. The Labute approximate surface area is 113 Å². The van der Waals surface area contributed by atoms with Crippen LogP contribution in [0.1, 0.15) is 19.3 Å². The van der Waals surface area contributed by atoms with Crippen molar-refractivity contribution in [2.24, 2.45) is 5.92 Å². The molecule has 6 heteroatoms. The number of ether oxygens (including phenoxy) is 1. The number of likely N-dealkylation sites (tertiary alicyclic amines) is 2. The SMILES string of the molecule is CN1CCC(C(=O)N2CCC(OCC(=O)O)CC2)C1. The first-order valence-electron chi connectivity index (χ1n) is 6.87. The third kappa shape index (κ3) is 3.91. The van der Waals surface area contributed by atoms with Crippen molar-refractivity contribution in [2.75, 3.05) is 39.8 Å². The summed E-state index contributed by atoms with van der Waals surface area (Å²) in [6, 6.07) is 0. The summed E-state index contributed by atoms with van der Waals surface area (Å²) in [6.45, 7) is 2.97. The molecule has 0 saturated carbocycles. The fourth-order valence-corrected chi connectivity index (χ4v) is 2.83. The van der Waals surface area contributed by atoms with Crippen LogP contribution in [-0.2, 0) is 14.3 Å². The smallest absolute Gasteiger partial charge is 0.329 e. The number of piperidine rings is 1. The Morgan fingerprint density at radius 3 is 2.42 bits per heavy atom. The number of hydrogen-bond acceptors (Lipinski definition) is 4. The largest absolute Gasteiger partial charge is 0.480 e. The van der Waals surface area contributed by atoms with Crippen molar-refractivity contribution in [1.82, 2.24) is 9.80 Å². The molecule has 1 unspecified atom stereocenters. The van der Waals surface area contributed by atoms with E-state index in [1.165, 1.54) is 0 Å². The lowest BCUT2D eigenvalue weighted by atomic mass is 10.0. The lowest BCUT2D eigenvalue weighted by molar-refractivity contribution is -0.147. The Kier molecular flexibility index (Phi) is 4.76. The first kappa shape index (κ1) is 14.3. The van der Waals surface area contributed by atoms with Crippen LogP contribution in [0.5, 0.6) is 0 Å². The van der Waals surface area contributed by atoms with Gasteiger partial charge in [-0.2, -0.15) is 0 Å². The molecule has 0 aliphatic carbocycles. The van der Waals surface area contributed by atoms with Gasteiger partial charge in [-0.25, -0.2) is 4.79 Å². The number of carboxylic acid groups (broad SMARTS) is 1. The molecule has 2 aliphatic rings. The summed E-state index contributed by atoms with van der Waals surface area (Å²) in [7, 11) is 2.04. The molecule has 2 aliphatic heterocycles. The van der Waals surface area contributed by atoms with E-state index < -0.39 is 5.97 Å². The highest BCUT2D eigenvalue weighted by molar-refractivity contribution is 5.79. The second-order valence-corrected chi connectivity index (χ2v) is 5.48. The number of carbonyl (C=O) groups is 2. The van der Waals surface area contributed by atoms with Crippen molar-refractivity contribution >= 4 is 11.9 Å². The minimum atomic E-state index is -0.938. The number of aliphatic carboxylic acids is 1. The van der Waals surface area contributed by atoms with E-state index >= 15 is 0 Å². The van der Waals surface area contributed by atoms with Gasteiger partial charge in [0.25, 0.3) is 0 Å². The van der Waals surface area contributed by atoms with Crippen LogP contribution in [0.2, 0.25) is 0 Å². The zero-order chi connectivity index (χ0) is 13.8. The summed E-state index contributed by atoms with van der Waals surface area (Å²) in [5, 5.41) is 8.56. The summed E-state index contributed by atoms with van der Waals surface area (Å²) < 4.78 is 5.27. The Morgan fingerprint density at radius 1 is 1.21 bits per heavy atom. The van der Waals surface area contributed by atoms with Gasteiger partial charge in [0.1, 0.15) is 6.61 Å². The Morgan fingerprint density at radius 2 is 1.89 bits per heavy atom. The van der Waals surface area contributed by atoms with Crippen LogP contribution in [0, 0.1) is 5.92 Å². The van der Waals surface area contributed by atoms with Crippen molar-refractivity contribution in [3.8, 4) is 0 Å². The van der Waals surface area contributed by atoms with Crippen molar-refractivity contribution in [3.05, 3.63) is 0 Å². The van der Waals surface area contributed by atoms with Gasteiger partial charge in [0, 0.05) is 19.6 Å². The highest BCUT2D eigenvalue weighted by Gasteiger charge is 2.32. The van der Waals surface area contributed by atoms with Gasteiger partial charge in [-0.1, -0.05) is 0 Å². The summed E-state index contributed by atoms with van der Waals surface area (Å²) >= 11 is 0. The van der Waals surface area contributed by atoms with Crippen LogP contribution < -0.4 is 0 Å². The number of nitrogens with zero attached hydrogens (tertiary/aromatic N) is 2. The molecule has 1 amide bonds. The molecule has 0 bridgehead atoms. The minimum Gasteiger partial charge on any atom is -0.480 e. The number of carboxylic acids is 1. The van der Waals surface area contributed by atoms with Crippen LogP contribution >= 0.6 is 0 Å². The standard InChI is InChI=1S/C13H22N2O4/c1-14-5-2-10(8-14)13(18)15-6-3-11(4-7-15)19-9-12(16)17/h10-11H,2-9H2,1H3,(H,16,17). The summed E-state index contributed by atoms with van der Waals surface area (Å²) in [6.07, 6.45) is 2.40. The molecule has 0 spiro atoms. The van der Waals surface area contributed by atoms with E-state index in [4.69, 9.17) is 9.84 Å². The normalized spacial score (nSPS) is 25.7. The first-order valence-corrected chi connectivity index (χ1v) is 6.87. The second-order valence-electron chi connectivity index (χ2n) is 5.48. The van der Waals surface area contributed by atoms with Crippen LogP contribution in [0.25, 0.3) is 0 Å². The van der Waals surface area contributed by atoms with Crippen molar-refractivity contribution in [3.63, 3.8) is 0 Å². The van der Waals surface area contributed by atoms with Gasteiger partial charge in [-0.3, -0.25) is 4.79 Å². The maximum Gasteiger partial charge on any atom is 0.329 e. The van der Waals surface area contributed by atoms with E-state index in [0.717, 1.165) is 32.4 Å². The minimum absolute atomic E-state index is 0.0219. The van der Waals surface area contributed by atoms with Crippen LogP contribution in [0.15, 0.2) is 0 Å². The van der Waals surface area contributed by atoms with Gasteiger partial charge in [-0.15, -0.1) is 0 Å². The second kappa shape index (κ2) is 6.34. The van der Waals surface area contributed by atoms with Crippen molar-refractivity contribution in [2.45, 2.75) is 25.4 Å². The molecule has 2 rings (SSSR count). The predicted molar refractivity (Wildman–Crippen MR) is 68.8 cm³/mol. The average Bonchev–Trinajstić information content (AvgIpc) is 2.83. The van der Waals surface area contributed by atoms with E-state index in [-0.39, 0.29) is 24.5 Å². The fraction of sp³-hybridized carbons (Fsp3) is 0.846. The molecule has 108 valence electrons. The molecule has 0 aromatic carbocycles. The number of amides is 1. The molecule has 1 N–H and O–H groups in total. The molecule has 2 fully saturated rings. The van der Waals surface area contributed by atoms with Crippen molar-refractivity contribution < 1.29 is 19.4 Å². The van der Waals surface area contributed by atoms with Gasteiger partial charge in [0.15, 0.2) is 0 Å². The van der Waals surface area contributed by atoms with E-state index in [0.29, 0.717) is 13.1 Å². The molecule has 2 heterocycles. The van der Waals surface area contributed by atoms with Gasteiger partial charge >= 0.3 is 5.97 Å². The molecule has 0 aromatic heterocycles. The lowest BCUT2D eigenvalue weighted by Crippen LogP contribution is -2.44. The van der Waals surface area contributed by atoms with Gasteiger partial charge in [0.05, 0.1) is 12.0 Å². The zero-order valence-electron chi connectivity index (χ0n) is 11.4. The molecular formula is C13H22N2O4. The van der Waals surface area contributed by atoms with Gasteiger partial charge in [-0.05, 0) is 32.9 Å². The fourth-order valence-electron chi connectivity index (χ4n) is 2.83. The Balaban J connectivity index is 1.73. The summed E-state index contributed by atoms with van der Waals surface area (Å²) in [5.41, 5.74) is 0. The maximum atomic E-state index is 12.3. The van der Waals surface area contributed by atoms with Gasteiger partial charge in [0.2, 0.25) is 5.91 Å². The Bertz CT molecular complexity index is 340. The summed E-state index contributed by atoms with van der Waals surface area (Å²) in [5.74, 6) is -0.546. The van der Waals surface area contributed by atoms with Crippen molar-refractivity contribution in [1.29, 1.82) is 0 Å². The summed E-state index contributed by atoms with van der Waals surface area (Å²) in [4.78, 5) is 26.8. The molecule has 0 aromatic rings. The van der Waals surface area contributed by atoms with Crippen LogP contribution in [-0.4, -0.2) is 72.7 Å². The molecule has 0 radical (unpaired) electrons. The quantitative estimate of drug-likeness (QED) is 0.780. The van der Waals surface area contributed by atoms with E-state index in [2.05, 4.69) is 4.90 Å². The zero-order valence-corrected chi connectivity index (χ0v) is 11.4. The van der Waals surface area contributed by atoms with Gasteiger partial charge < -0.3 is 19.6 Å². The van der Waals surface area contributed by atoms with Crippen LogP contribution in [0.4, 0.5) is 0 Å². The number of rotatable bonds is 4. The third-order valence-corrected chi connectivity index (χ3v) is 3.94. The molecule has 19 heavy (non-hydrogen) atoms. The van der Waals surface area contributed by atoms with E-state index in [1.807, 2.05) is 11.9 Å². The average molecular weight is 270 g/mol. The Hall–Kier alpha value is -1.14. The van der Waals surface area contributed by atoms with E-state index in [1.54, 1.807) is 0 Å². The topological polar surface area (TPSA) is 70.1 Å². The van der Waals surface area contributed by atoms with Crippen LogP contribution in [0.3, 0.4) is 0 Å². The third-order valence-electron chi connectivity index (χ3n) is 3.94. The molecule has 2 saturated heterocycles. The van der Waals surface area contributed by atoms with E-state index in [9.17, 15) is 9.59 Å². The maximum absolute atomic E-state index is 12.3. The molecule has 1 atom stereocenters. The molecular weight excluding hydrogens is 248 g/mol.